The van der Waals surface area contributed by atoms with Gasteiger partial charge in [-0.25, -0.2) is 4.39 Å². The van der Waals surface area contributed by atoms with Gasteiger partial charge in [0.2, 0.25) is 5.91 Å². The maximum atomic E-state index is 14.9. The fraction of sp³-hybridized carbons (Fsp3) is 0.480. The molecule has 1 saturated heterocycles. The lowest BCUT2D eigenvalue weighted by atomic mass is 9.84. The summed E-state index contributed by atoms with van der Waals surface area (Å²) in [6.45, 7) is -1.53. The van der Waals surface area contributed by atoms with E-state index in [-0.39, 0.29) is 48.5 Å². The summed E-state index contributed by atoms with van der Waals surface area (Å²) >= 11 is 6.87. The molecule has 3 amide bonds. The van der Waals surface area contributed by atoms with Crippen LogP contribution < -0.4 is 15.5 Å². The van der Waals surface area contributed by atoms with Gasteiger partial charge >= 0.3 is 6.18 Å². The van der Waals surface area contributed by atoms with Gasteiger partial charge in [0.15, 0.2) is 0 Å². The van der Waals surface area contributed by atoms with Gasteiger partial charge in [-0.05, 0) is 49.1 Å². The number of hydrogen-bond donors (Lipinski definition) is 2. The monoisotopic (exact) mass is 590 g/mol. The Morgan fingerprint density at radius 2 is 2.00 bits per heavy atom. The van der Waals surface area contributed by atoms with E-state index in [1.807, 2.05) is 0 Å². The molecule has 8 nitrogen and oxygen atoms in total. The molecule has 1 saturated carbocycles. The number of halogens is 5. The van der Waals surface area contributed by atoms with Gasteiger partial charge in [0, 0.05) is 25.3 Å². The van der Waals surface area contributed by atoms with Crippen LogP contribution in [-0.2, 0) is 14.3 Å². The van der Waals surface area contributed by atoms with Crippen LogP contribution in [0.1, 0.15) is 28.9 Å². The molecule has 0 bridgehead atoms. The first kappa shape index (κ1) is 29.2. The molecule has 1 aromatic carbocycles. The highest BCUT2D eigenvalue weighted by atomic mass is 35.5. The van der Waals surface area contributed by atoms with Crippen LogP contribution in [0.2, 0.25) is 4.34 Å². The fourth-order valence-corrected chi connectivity index (χ4v) is 5.40. The second-order valence-electron chi connectivity index (χ2n) is 9.42. The molecule has 212 valence electrons. The van der Waals surface area contributed by atoms with Crippen LogP contribution in [0.15, 0.2) is 30.3 Å². The number of carbonyl (C=O) groups is 3. The molecule has 39 heavy (non-hydrogen) atoms. The van der Waals surface area contributed by atoms with E-state index in [0.717, 1.165) is 41.6 Å². The molecule has 1 aromatic heterocycles. The van der Waals surface area contributed by atoms with E-state index < -0.39 is 48.8 Å². The number of amides is 3. The Hall–Kier alpha value is -2.74. The van der Waals surface area contributed by atoms with Crippen molar-refractivity contribution in [2.24, 2.45) is 5.92 Å². The number of nitrogens with one attached hydrogen (secondary N) is 2. The molecule has 2 fully saturated rings. The summed E-state index contributed by atoms with van der Waals surface area (Å²) < 4.78 is 60.9. The molecule has 2 N–H and O–H groups in total. The smallest absolute Gasteiger partial charge is 0.370 e. The maximum Gasteiger partial charge on any atom is 0.401 e. The van der Waals surface area contributed by atoms with E-state index in [0.29, 0.717) is 4.34 Å². The van der Waals surface area contributed by atoms with Crippen LogP contribution >= 0.6 is 22.9 Å². The van der Waals surface area contributed by atoms with E-state index in [2.05, 4.69) is 10.6 Å². The molecule has 4 rings (SSSR count). The summed E-state index contributed by atoms with van der Waals surface area (Å²) in [5.74, 6) is -2.62. The normalized spacial score (nSPS) is 17.2. The van der Waals surface area contributed by atoms with Gasteiger partial charge < -0.3 is 20.3 Å². The number of nitrogens with zero attached hydrogens (tertiary/aromatic N) is 2. The van der Waals surface area contributed by atoms with Crippen molar-refractivity contribution in [3.8, 4) is 0 Å². The van der Waals surface area contributed by atoms with Crippen LogP contribution in [0.4, 0.5) is 28.9 Å². The van der Waals surface area contributed by atoms with Crippen LogP contribution in [0.5, 0.6) is 0 Å². The van der Waals surface area contributed by atoms with Crippen molar-refractivity contribution >= 4 is 52.0 Å². The van der Waals surface area contributed by atoms with E-state index in [4.69, 9.17) is 16.3 Å². The number of benzene rings is 1. The number of thiophene rings is 1. The summed E-state index contributed by atoms with van der Waals surface area (Å²) in [4.78, 5) is 40.5. The lowest BCUT2D eigenvalue weighted by Crippen LogP contribution is -2.55. The number of ether oxygens (including phenoxy) is 1. The minimum Gasteiger partial charge on any atom is -0.370 e. The lowest BCUT2D eigenvalue weighted by molar-refractivity contribution is -0.155. The molecular formula is C25H27ClF4N4O4S. The van der Waals surface area contributed by atoms with Gasteiger partial charge in [-0.15, -0.1) is 11.3 Å². The number of morpholine rings is 1. The first-order chi connectivity index (χ1) is 18.5. The zero-order valence-electron chi connectivity index (χ0n) is 20.7. The topological polar surface area (TPSA) is 91.0 Å². The van der Waals surface area contributed by atoms with Crippen LogP contribution in [0.25, 0.3) is 0 Å². The molecule has 2 aliphatic rings. The zero-order valence-corrected chi connectivity index (χ0v) is 22.3. The highest BCUT2D eigenvalue weighted by molar-refractivity contribution is 7.18. The van der Waals surface area contributed by atoms with Crippen molar-refractivity contribution in [2.45, 2.75) is 31.5 Å². The Kier molecular flexibility index (Phi) is 9.47. The second-order valence-corrected chi connectivity index (χ2v) is 11.1. The maximum absolute atomic E-state index is 14.9. The van der Waals surface area contributed by atoms with Crippen molar-refractivity contribution < 1.29 is 36.7 Å². The molecule has 0 spiro atoms. The van der Waals surface area contributed by atoms with Gasteiger partial charge in [-0.1, -0.05) is 18.0 Å². The average molecular weight is 591 g/mol. The highest BCUT2D eigenvalue weighted by Crippen LogP contribution is 2.30. The van der Waals surface area contributed by atoms with Gasteiger partial charge in [-0.2, -0.15) is 13.2 Å². The molecule has 2 heterocycles. The van der Waals surface area contributed by atoms with Crippen LogP contribution in [0, 0.1) is 11.7 Å². The molecule has 1 aliphatic heterocycles. The predicted molar refractivity (Wildman–Crippen MR) is 139 cm³/mol. The third kappa shape index (κ3) is 7.90. The van der Waals surface area contributed by atoms with Gasteiger partial charge in [0.05, 0.1) is 28.1 Å². The Morgan fingerprint density at radius 1 is 1.23 bits per heavy atom. The molecule has 1 atom stereocenters. The predicted octanol–water partition coefficient (Wildman–Crippen LogP) is 4.31. The average Bonchev–Trinajstić information content (AvgIpc) is 3.27. The minimum absolute atomic E-state index is 0.000994. The Balaban J connectivity index is 1.53. The Labute approximate surface area is 231 Å². The Morgan fingerprint density at radius 3 is 2.59 bits per heavy atom. The number of alkyl halides is 3. The summed E-state index contributed by atoms with van der Waals surface area (Å²) in [5, 5.41) is 5.02. The molecular weight excluding hydrogens is 564 g/mol. The second kappa shape index (κ2) is 12.6. The summed E-state index contributed by atoms with van der Waals surface area (Å²) in [7, 11) is 0. The first-order valence-electron chi connectivity index (χ1n) is 12.3. The van der Waals surface area contributed by atoms with Crippen LogP contribution in [-0.4, -0.2) is 74.2 Å². The van der Waals surface area contributed by atoms with Gasteiger partial charge in [0.1, 0.15) is 18.5 Å². The Bertz CT molecular complexity index is 1210. The number of hydrogen-bond acceptors (Lipinski definition) is 6. The van der Waals surface area contributed by atoms with Crippen molar-refractivity contribution in [2.75, 3.05) is 49.6 Å². The number of rotatable bonds is 10. The van der Waals surface area contributed by atoms with Gasteiger partial charge in [-0.3, -0.25) is 19.3 Å². The standard InChI is InChI=1S/C25H27ClF4N4O4S/c26-21-7-6-20(39-21)24(37)31-11-19(33(14-25(28,29)30)12-15-2-1-3-15)23(36)32-16-4-5-18(17(27)10-16)34-8-9-38-13-22(34)35/h4-7,10,15,19H,1-3,8-9,11-14H2,(H,31,37)(H,32,36)/t19-/m0/s1. The first-order valence-corrected chi connectivity index (χ1v) is 13.5. The molecule has 14 heteroatoms. The van der Waals surface area contributed by atoms with Gasteiger partial charge in [0.25, 0.3) is 11.8 Å². The van der Waals surface area contributed by atoms with Crippen molar-refractivity contribution in [3.05, 3.63) is 45.4 Å². The fourth-order valence-electron chi connectivity index (χ4n) is 4.44. The van der Waals surface area contributed by atoms with E-state index in [1.54, 1.807) is 0 Å². The molecule has 2 aromatic rings. The summed E-state index contributed by atoms with van der Waals surface area (Å²) in [6, 6.07) is 5.27. The number of carbonyl (C=O) groups excluding carboxylic acids is 3. The summed E-state index contributed by atoms with van der Waals surface area (Å²) in [5.41, 5.74) is 0.00216. The van der Waals surface area contributed by atoms with Crippen molar-refractivity contribution in [1.29, 1.82) is 0 Å². The third-order valence-electron chi connectivity index (χ3n) is 6.59. The van der Waals surface area contributed by atoms with E-state index in [1.165, 1.54) is 29.2 Å². The molecule has 0 unspecified atom stereocenters. The van der Waals surface area contributed by atoms with Crippen molar-refractivity contribution in [1.82, 2.24) is 10.2 Å². The summed E-state index contributed by atoms with van der Waals surface area (Å²) in [6.07, 6.45) is -2.20. The molecule has 0 radical (unpaired) electrons. The molecule has 1 aliphatic carbocycles. The lowest BCUT2D eigenvalue weighted by Gasteiger charge is -2.37. The largest absolute Gasteiger partial charge is 0.401 e. The zero-order chi connectivity index (χ0) is 28.2. The van der Waals surface area contributed by atoms with Crippen molar-refractivity contribution in [3.63, 3.8) is 0 Å². The quantitative estimate of drug-likeness (QED) is 0.403. The number of anilines is 2. The SMILES string of the molecule is O=C(NC[C@@H](C(=O)Nc1ccc(N2CCOCC2=O)c(F)c1)N(CC1CCC1)CC(F)(F)F)c1ccc(Cl)s1. The van der Waals surface area contributed by atoms with E-state index >= 15 is 0 Å². The van der Waals surface area contributed by atoms with E-state index in [9.17, 15) is 31.9 Å². The van der Waals surface area contributed by atoms with Crippen LogP contribution in [0.3, 0.4) is 0 Å². The third-order valence-corrected chi connectivity index (χ3v) is 7.82. The minimum atomic E-state index is -4.59. The highest BCUT2D eigenvalue weighted by Gasteiger charge is 2.38.